The Kier molecular flexibility index (Phi) is 6.21. The van der Waals surface area contributed by atoms with Crippen LogP contribution >= 0.6 is 0 Å². The number of fused-ring (bicyclic) bond motifs is 5. The smallest absolute Gasteiger partial charge is 0.0642 e. The highest BCUT2D eigenvalue weighted by Gasteiger charge is 2.61. The molecule has 0 aromatic carbocycles. The molecular weight excluding hydrogens is 380 g/mol. The van der Waals surface area contributed by atoms with E-state index in [1.807, 2.05) is 6.92 Å². The van der Waals surface area contributed by atoms with Gasteiger partial charge in [-0.15, -0.1) is 0 Å². The first-order valence-electron chi connectivity index (χ1n) is 13.7. The molecule has 0 bridgehead atoms. The Labute approximate surface area is 193 Å². The van der Waals surface area contributed by atoms with Gasteiger partial charge in [0.1, 0.15) is 0 Å². The van der Waals surface area contributed by atoms with E-state index >= 15 is 0 Å². The number of aliphatic hydroxyl groups is 2. The van der Waals surface area contributed by atoms with E-state index in [1.54, 1.807) is 0 Å². The van der Waals surface area contributed by atoms with Crippen LogP contribution in [0, 0.1) is 52.3 Å². The molecule has 10 atom stereocenters. The highest BCUT2D eigenvalue weighted by atomic mass is 16.3. The van der Waals surface area contributed by atoms with E-state index in [1.165, 1.54) is 51.4 Å². The van der Waals surface area contributed by atoms with Crippen molar-refractivity contribution in [3.63, 3.8) is 0 Å². The molecule has 0 saturated heterocycles. The third kappa shape index (κ3) is 4.05. The van der Waals surface area contributed by atoms with Crippen molar-refractivity contribution in [1.29, 1.82) is 0 Å². The fourth-order valence-corrected chi connectivity index (χ4v) is 9.42. The van der Waals surface area contributed by atoms with Crippen LogP contribution in [0.2, 0.25) is 0 Å². The molecule has 0 aliphatic heterocycles. The summed E-state index contributed by atoms with van der Waals surface area (Å²) in [7, 11) is 0. The van der Waals surface area contributed by atoms with Gasteiger partial charge in [-0.05, 0) is 137 Å². The second kappa shape index (κ2) is 8.00. The van der Waals surface area contributed by atoms with E-state index in [0.29, 0.717) is 22.7 Å². The third-order valence-corrected chi connectivity index (χ3v) is 12.1. The molecule has 0 radical (unpaired) electrons. The Morgan fingerprint density at radius 1 is 0.871 bits per heavy atom. The fraction of sp³-hybridized carbons (Fsp3) is 1.00. The van der Waals surface area contributed by atoms with Crippen molar-refractivity contribution < 1.29 is 10.2 Å². The van der Waals surface area contributed by atoms with Crippen molar-refractivity contribution in [2.24, 2.45) is 52.3 Å². The van der Waals surface area contributed by atoms with Gasteiger partial charge in [0.25, 0.3) is 0 Å². The van der Waals surface area contributed by atoms with Crippen LogP contribution in [-0.4, -0.2) is 21.4 Å². The predicted octanol–water partition coefficient (Wildman–Crippen LogP) is 7.22. The predicted molar refractivity (Wildman–Crippen MR) is 130 cm³/mol. The number of hydrogen-bond donors (Lipinski definition) is 2. The summed E-state index contributed by atoms with van der Waals surface area (Å²) in [6.07, 6.45) is 13.8. The van der Waals surface area contributed by atoms with E-state index < -0.39 is 11.2 Å². The maximum Gasteiger partial charge on any atom is 0.0642 e. The number of rotatable bonds is 5. The molecule has 180 valence electrons. The summed E-state index contributed by atoms with van der Waals surface area (Å²) in [5, 5.41) is 21.5. The lowest BCUT2D eigenvalue weighted by Gasteiger charge is -2.62. The van der Waals surface area contributed by atoms with Crippen molar-refractivity contribution in [2.75, 3.05) is 0 Å². The molecule has 2 nitrogen and oxygen atoms in total. The van der Waals surface area contributed by atoms with Gasteiger partial charge in [-0.3, -0.25) is 0 Å². The van der Waals surface area contributed by atoms with Crippen LogP contribution in [0.5, 0.6) is 0 Å². The Balaban J connectivity index is 1.47. The van der Waals surface area contributed by atoms with Gasteiger partial charge in [0.15, 0.2) is 0 Å². The summed E-state index contributed by atoms with van der Waals surface area (Å²) >= 11 is 0. The van der Waals surface area contributed by atoms with Crippen LogP contribution < -0.4 is 0 Å². The molecule has 0 spiro atoms. The van der Waals surface area contributed by atoms with Gasteiger partial charge in [0.05, 0.1) is 11.2 Å². The zero-order valence-electron chi connectivity index (χ0n) is 21.7. The summed E-state index contributed by atoms with van der Waals surface area (Å²) in [4.78, 5) is 0. The summed E-state index contributed by atoms with van der Waals surface area (Å²) in [5.41, 5.74) is 0.0189. The Morgan fingerprint density at radius 3 is 2.23 bits per heavy atom. The molecule has 2 N–H and O–H groups in total. The summed E-state index contributed by atoms with van der Waals surface area (Å²) in [6.45, 7) is 16.2. The summed E-state index contributed by atoms with van der Waals surface area (Å²) in [6, 6.07) is 0. The topological polar surface area (TPSA) is 40.5 Å². The molecule has 0 amide bonds. The minimum absolute atomic E-state index is 0.328. The summed E-state index contributed by atoms with van der Waals surface area (Å²) in [5.74, 6) is 5.32. The van der Waals surface area contributed by atoms with Gasteiger partial charge in [0.2, 0.25) is 0 Å². The quantitative estimate of drug-likeness (QED) is 0.481. The standard InChI is InChI=1S/C29H52O2/c1-19(2)29(7,31)15-12-20(3)23-10-11-24-22-9-8-21-18-26(4,30)16-17-27(21,5)25(22)13-14-28(23,24)6/h19-25,30-31H,8-18H2,1-7H3/t20-,21-,22?,23-,24+,25+,26+,27+,28-,29+/m1/s1. The molecule has 4 saturated carbocycles. The Hall–Kier alpha value is -0.0800. The third-order valence-electron chi connectivity index (χ3n) is 12.1. The lowest BCUT2D eigenvalue weighted by atomic mass is 9.43. The molecule has 0 aromatic heterocycles. The summed E-state index contributed by atoms with van der Waals surface area (Å²) < 4.78 is 0. The molecule has 2 heteroatoms. The van der Waals surface area contributed by atoms with Crippen LogP contribution in [0.3, 0.4) is 0 Å². The molecule has 4 aliphatic rings. The van der Waals surface area contributed by atoms with Crippen molar-refractivity contribution in [1.82, 2.24) is 0 Å². The molecule has 0 heterocycles. The van der Waals surface area contributed by atoms with E-state index in [-0.39, 0.29) is 0 Å². The number of hydrogen-bond acceptors (Lipinski definition) is 2. The van der Waals surface area contributed by atoms with Gasteiger partial charge in [-0.2, -0.15) is 0 Å². The molecule has 4 aliphatic carbocycles. The van der Waals surface area contributed by atoms with Crippen molar-refractivity contribution >= 4 is 0 Å². The van der Waals surface area contributed by atoms with Gasteiger partial charge < -0.3 is 10.2 Å². The van der Waals surface area contributed by atoms with Crippen LogP contribution in [0.4, 0.5) is 0 Å². The first-order valence-corrected chi connectivity index (χ1v) is 13.7. The second-order valence-electron chi connectivity index (χ2n) is 14.1. The Bertz CT molecular complexity index is 651. The molecule has 1 unspecified atom stereocenters. The fourth-order valence-electron chi connectivity index (χ4n) is 9.42. The zero-order valence-corrected chi connectivity index (χ0v) is 21.7. The van der Waals surface area contributed by atoms with Crippen LogP contribution in [0.25, 0.3) is 0 Å². The minimum Gasteiger partial charge on any atom is -0.390 e. The van der Waals surface area contributed by atoms with Crippen molar-refractivity contribution in [3.05, 3.63) is 0 Å². The minimum atomic E-state index is -0.528. The maximum absolute atomic E-state index is 10.8. The highest BCUT2D eigenvalue weighted by molar-refractivity contribution is 5.10. The molecule has 4 rings (SSSR count). The van der Waals surface area contributed by atoms with Gasteiger partial charge in [-0.1, -0.05) is 34.6 Å². The lowest BCUT2D eigenvalue weighted by molar-refractivity contribution is -0.148. The van der Waals surface area contributed by atoms with Crippen LogP contribution in [-0.2, 0) is 0 Å². The maximum atomic E-state index is 10.8. The molecule has 31 heavy (non-hydrogen) atoms. The SMILES string of the molecule is CC(C)[C@@](C)(O)CC[C@@H](C)[C@H]1CC[C@H]2C3CC[C@@H]4C[C@@](C)(O)CC[C@]4(C)[C@H]3CC[C@]12C. The van der Waals surface area contributed by atoms with E-state index in [9.17, 15) is 10.2 Å². The van der Waals surface area contributed by atoms with Crippen LogP contribution in [0.1, 0.15) is 119 Å². The van der Waals surface area contributed by atoms with Gasteiger partial charge in [0, 0.05) is 0 Å². The van der Waals surface area contributed by atoms with Gasteiger partial charge >= 0.3 is 0 Å². The van der Waals surface area contributed by atoms with Crippen molar-refractivity contribution in [3.8, 4) is 0 Å². The van der Waals surface area contributed by atoms with E-state index in [2.05, 4.69) is 41.5 Å². The average molecular weight is 433 g/mol. The second-order valence-corrected chi connectivity index (χ2v) is 14.1. The average Bonchev–Trinajstić information content (AvgIpc) is 3.04. The first-order chi connectivity index (χ1) is 14.3. The largest absolute Gasteiger partial charge is 0.390 e. The van der Waals surface area contributed by atoms with E-state index in [4.69, 9.17) is 0 Å². The molecule has 4 fully saturated rings. The Morgan fingerprint density at radius 2 is 1.55 bits per heavy atom. The molecule has 0 aromatic rings. The van der Waals surface area contributed by atoms with Gasteiger partial charge in [-0.25, -0.2) is 0 Å². The molecular formula is C29H52O2. The first kappa shape index (κ1) is 24.1. The van der Waals surface area contributed by atoms with E-state index in [0.717, 1.165) is 48.9 Å². The monoisotopic (exact) mass is 432 g/mol. The zero-order chi connectivity index (χ0) is 22.8. The van der Waals surface area contributed by atoms with Crippen molar-refractivity contribution in [2.45, 2.75) is 130 Å². The highest BCUT2D eigenvalue weighted by Crippen LogP contribution is 2.68. The van der Waals surface area contributed by atoms with Crippen LogP contribution in [0.15, 0.2) is 0 Å². The normalized spacial score (nSPS) is 50.3. The lowest BCUT2D eigenvalue weighted by Crippen LogP contribution is -2.55.